The maximum absolute atomic E-state index is 13.4. The molecule has 12 heteroatoms. The third kappa shape index (κ3) is 4.67. The smallest absolute Gasteiger partial charge is 0.324 e. The molecule has 184 valence electrons. The average Bonchev–Trinajstić information content (AvgIpc) is 3.36. The second-order valence-electron chi connectivity index (χ2n) is 9.52. The maximum Gasteiger partial charge on any atom is 0.408 e. The molecule has 0 unspecified atom stereocenters. The maximum atomic E-state index is 13.4. The van der Waals surface area contributed by atoms with E-state index in [4.69, 9.17) is 0 Å². The Kier molecular flexibility index (Phi) is 5.67. The predicted octanol–water partition coefficient (Wildman–Crippen LogP) is 4.29. The van der Waals surface area contributed by atoms with Crippen LogP contribution in [0.5, 0.6) is 0 Å². The standard InChI is InChI=1S/C23H24F3N7OS/c1-22(2,3)17-11-35-21(30-17)33-18-16(19(34)32(33)12-23(24,25)26)10-28-20(31-18)29-15-5-4-14-9-27-7-6-13(14)8-15/h4-5,8,10-11,27H,6-7,9,12H2,1-3H3,(H,28,29,31). The quantitative estimate of drug-likeness (QED) is 0.432. The molecule has 1 aliphatic rings. The Morgan fingerprint density at radius 3 is 2.69 bits per heavy atom. The molecule has 2 N–H and O–H groups in total. The van der Waals surface area contributed by atoms with Crippen molar-refractivity contribution in [2.45, 2.75) is 51.9 Å². The Labute approximate surface area is 202 Å². The van der Waals surface area contributed by atoms with E-state index in [0.717, 1.165) is 41.2 Å². The van der Waals surface area contributed by atoms with E-state index in [1.807, 2.05) is 39.0 Å². The highest BCUT2D eigenvalue weighted by molar-refractivity contribution is 7.12. The van der Waals surface area contributed by atoms with Crippen molar-refractivity contribution in [1.29, 1.82) is 0 Å². The van der Waals surface area contributed by atoms with Crippen LogP contribution >= 0.6 is 11.3 Å². The summed E-state index contributed by atoms with van der Waals surface area (Å²) in [6.45, 7) is 6.11. The molecular formula is C23H24F3N7OS. The highest BCUT2D eigenvalue weighted by atomic mass is 32.1. The van der Waals surface area contributed by atoms with Crippen LogP contribution in [0.25, 0.3) is 16.2 Å². The fraction of sp³-hybridized carbons (Fsp3) is 0.391. The lowest BCUT2D eigenvalue weighted by atomic mass is 9.93. The van der Waals surface area contributed by atoms with Crippen LogP contribution in [-0.2, 0) is 24.9 Å². The van der Waals surface area contributed by atoms with Gasteiger partial charge in [-0.15, -0.1) is 11.3 Å². The van der Waals surface area contributed by atoms with Crippen molar-refractivity contribution in [3.63, 3.8) is 0 Å². The summed E-state index contributed by atoms with van der Waals surface area (Å²) in [6.07, 6.45) is -2.45. The predicted molar refractivity (Wildman–Crippen MR) is 129 cm³/mol. The summed E-state index contributed by atoms with van der Waals surface area (Å²) < 4.78 is 42.0. The molecule has 1 aromatic carbocycles. The molecule has 0 amide bonds. The van der Waals surface area contributed by atoms with Crippen molar-refractivity contribution in [2.24, 2.45) is 0 Å². The van der Waals surface area contributed by atoms with E-state index in [-0.39, 0.29) is 27.5 Å². The number of benzene rings is 1. The molecule has 1 aliphatic heterocycles. The number of aromatic nitrogens is 5. The third-order valence-corrected chi connectivity index (χ3v) is 6.61. The van der Waals surface area contributed by atoms with Gasteiger partial charge in [0.1, 0.15) is 11.9 Å². The summed E-state index contributed by atoms with van der Waals surface area (Å²) in [5.41, 5.74) is 2.83. The number of nitrogens with zero attached hydrogens (tertiary/aromatic N) is 5. The minimum absolute atomic E-state index is 0.0103. The van der Waals surface area contributed by atoms with Gasteiger partial charge in [0, 0.05) is 29.2 Å². The van der Waals surface area contributed by atoms with Gasteiger partial charge in [-0.1, -0.05) is 26.8 Å². The summed E-state index contributed by atoms with van der Waals surface area (Å²) in [4.78, 5) is 26.1. The van der Waals surface area contributed by atoms with Gasteiger partial charge in [0.15, 0.2) is 5.65 Å². The summed E-state index contributed by atoms with van der Waals surface area (Å²) in [6, 6.07) is 5.93. The number of alkyl halides is 3. The number of hydrogen-bond acceptors (Lipinski definition) is 7. The number of halogens is 3. The van der Waals surface area contributed by atoms with Crippen molar-refractivity contribution in [3.05, 3.63) is 57.0 Å². The summed E-state index contributed by atoms with van der Waals surface area (Å²) in [5, 5.41) is 8.45. The molecule has 4 heterocycles. The highest BCUT2D eigenvalue weighted by Crippen LogP contribution is 2.29. The highest BCUT2D eigenvalue weighted by Gasteiger charge is 2.33. The van der Waals surface area contributed by atoms with Crippen LogP contribution in [0.4, 0.5) is 24.8 Å². The van der Waals surface area contributed by atoms with E-state index >= 15 is 0 Å². The zero-order valence-electron chi connectivity index (χ0n) is 19.4. The normalized spacial score (nSPS) is 14.3. The third-order valence-electron chi connectivity index (χ3n) is 5.80. The zero-order chi connectivity index (χ0) is 25.0. The van der Waals surface area contributed by atoms with Crippen LogP contribution in [0.2, 0.25) is 0 Å². The first-order chi connectivity index (χ1) is 16.5. The van der Waals surface area contributed by atoms with Crippen molar-refractivity contribution < 1.29 is 13.2 Å². The minimum Gasteiger partial charge on any atom is -0.324 e. The lowest BCUT2D eigenvalue weighted by Crippen LogP contribution is -2.30. The van der Waals surface area contributed by atoms with E-state index in [1.165, 1.54) is 17.3 Å². The first-order valence-corrected chi connectivity index (χ1v) is 12.0. The van der Waals surface area contributed by atoms with Crippen LogP contribution < -0.4 is 16.2 Å². The molecule has 8 nitrogen and oxygen atoms in total. The molecule has 0 saturated carbocycles. The molecule has 0 aliphatic carbocycles. The van der Waals surface area contributed by atoms with Crippen molar-refractivity contribution in [2.75, 3.05) is 11.9 Å². The monoisotopic (exact) mass is 503 g/mol. The Bertz CT molecular complexity index is 1460. The van der Waals surface area contributed by atoms with Crippen LogP contribution in [0.3, 0.4) is 0 Å². The zero-order valence-corrected chi connectivity index (χ0v) is 20.2. The van der Waals surface area contributed by atoms with Crippen molar-refractivity contribution in [1.82, 2.24) is 29.6 Å². The molecule has 0 saturated heterocycles. The van der Waals surface area contributed by atoms with Crippen LogP contribution in [0, 0.1) is 0 Å². The van der Waals surface area contributed by atoms with E-state index < -0.39 is 18.3 Å². The van der Waals surface area contributed by atoms with Crippen molar-refractivity contribution in [3.8, 4) is 5.13 Å². The molecule has 0 atom stereocenters. The Morgan fingerprint density at radius 1 is 1.17 bits per heavy atom. The topological polar surface area (TPSA) is 89.7 Å². The lowest BCUT2D eigenvalue weighted by molar-refractivity contribution is -0.144. The number of nitrogens with one attached hydrogen (secondary N) is 2. The van der Waals surface area contributed by atoms with Gasteiger partial charge in [-0.05, 0) is 36.2 Å². The Balaban J connectivity index is 1.61. The van der Waals surface area contributed by atoms with Crippen molar-refractivity contribution >= 4 is 34.0 Å². The van der Waals surface area contributed by atoms with Gasteiger partial charge < -0.3 is 10.6 Å². The summed E-state index contributed by atoms with van der Waals surface area (Å²) >= 11 is 1.16. The average molecular weight is 504 g/mol. The van der Waals surface area contributed by atoms with Gasteiger partial charge in [-0.25, -0.2) is 19.3 Å². The molecule has 0 spiro atoms. The molecule has 0 radical (unpaired) electrons. The molecule has 35 heavy (non-hydrogen) atoms. The summed E-state index contributed by atoms with van der Waals surface area (Å²) in [5.74, 6) is 0.178. The largest absolute Gasteiger partial charge is 0.408 e. The number of anilines is 2. The van der Waals surface area contributed by atoms with E-state index in [1.54, 1.807) is 5.38 Å². The number of rotatable bonds is 4. The molecule has 5 rings (SSSR count). The van der Waals surface area contributed by atoms with E-state index in [9.17, 15) is 18.0 Å². The van der Waals surface area contributed by atoms with Crippen LogP contribution in [0.15, 0.2) is 34.6 Å². The molecule has 0 fully saturated rings. The van der Waals surface area contributed by atoms with Gasteiger partial charge in [0.2, 0.25) is 11.1 Å². The molecule has 3 aromatic heterocycles. The minimum atomic E-state index is -4.60. The fourth-order valence-electron chi connectivity index (χ4n) is 3.99. The summed E-state index contributed by atoms with van der Waals surface area (Å²) in [7, 11) is 0. The van der Waals surface area contributed by atoms with Gasteiger partial charge >= 0.3 is 6.18 Å². The molecule has 0 bridgehead atoms. The van der Waals surface area contributed by atoms with Gasteiger partial charge in [0.25, 0.3) is 5.56 Å². The van der Waals surface area contributed by atoms with Crippen LogP contribution in [0.1, 0.15) is 37.6 Å². The van der Waals surface area contributed by atoms with E-state index in [0.29, 0.717) is 10.4 Å². The van der Waals surface area contributed by atoms with Gasteiger partial charge in [0.05, 0.1) is 5.69 Å². The fourth-order valence-corrected chi connectivity index (χ4v) is 5.05. The number of fused-ring (bicyclic) bond motifs is 2. The SMILES string of the molecule is CC(C)(C)c1csc(-n2c3nc(Nc4ccc5c(c4)CCNC5)ncc3c(=O)n2CC(F)(F)F)n1. The second kappa shape index (κ2) is 8.45. The first kappa shape index (κ1) is 23.5. The van der Waals surface area contributed by atoms with Crippen LogP contribution in [-0.4, -0.2) is 37.0 Å². The number of hydrogen-bond donors (Lipinski definition) is 2. The molecular weight excluding hydrogens is 479 g/mol. The Hall–Kier alpha value is -3.25. The lowest BCUT2D eigenvalue weighted by Gasteiger charge is -2.18. The van der Waals surface area contributed by atoms with E-state index in [2.05, 4.69) is 25.6 Å². The molecule has 4 aromatic rings. The number of thiazole rings is 1. The van der Waals surface area contributed by atoms with Gasteiger partial charge in [-0.2, -0.15) is 18.2 Å². The van der Waals surface area contributed by atoms with Gasteiger partial charge in [-0.3, -0.25) is 4.79 Å². The first-order valence-electron chi connectivity index (χ1n) is 11.1. The Morgan fingerprint density at radius 2 is 1.97 bits per heavy atom. The second-order valence-corrected chi connectivity index (χ2v) is 10.4.